The Morgan fingerprint density at radius 3 is 2.83 bits per heavy atom. The van der Waals surface area contributed by atoms with Gasteiger partial charge in [0.1, 0.15) is 11.8 Å². The van der Waals surface area contributed by atoms with Gasteiger partial charge in [-0.3, -0.25) is 24.5 Å². The molecule has 2 atom stereocenters. The molecule has 2 heterocycles. The number of amides is 3. The average molecular weight is 316 g/mol. The van der Waals surface area contributed by atoms with E-state index in [0.717, 1.165) is 0 Å². The van der Waals surface area contributed by atoms with Gasteiger partial charge in [-0.2, -0.15) is 0 Å². The van der Waals surface area contributed by atoms with Crippen LogP contribution >= 0.6 is 0 Å². The van der Waals surface area contributed by atoms with Gasteiger partial charge in [0.15, 0.2) is 12.4 Å². The molecule has 0 bridgehead atoms. The summed E-state index contributed by atoms with van der Waals surface area (Å²) in [5.41, 5.74) is 1.13. The smallest absolute Gasteiger partial charge is 0.255 e. The van der Waals surface area contributed by atoms with Crippen molar-refractivity contribution in [2.75, 3.05) is 0 Å². The second-order valence-corrected chi connectivity index (χ2v) is 5.64. The number of rotatable bonds is 4. The van der Waals surface area contributed by atoms with E-state index >= 15 is 0 Å². The first-order valence-electron chi connectivity index (χ1n) is 7.39. The normalized spacial score (nSPS) is 21.7. The first-order chi connectivity index (χ1) is 11.0. The predicted molar refractivity (Wildman–Crippen MR) is 78.6 cm³/mol. The minimum Gasteiger partial charge on any atom is -0.483 e. The Morgan fingerprint density at radius 2 is 2.13 bits per heavy atom. The minimum absolute atomic E-state index is 0.210. The summed E-state index contributed by atoms with van der Waals surface area (Å²) in [5, 5.41) is 2.26. The molecule has 2 unspecified atom stereocenters. The second kappa shape index (κ2) is 5.83. The van der Waals surface area contributed by atoms with Gasteiger partial charge in [0.25, 0.3) is 5.91 Å². The lowest BCUT2D eigenvalue weighted by Crippen LogP contribution is -2.52. The molecule has 0 saturated carbocycles. The third-order valence-corrected chi connectivity index (χ3v) is 4.04. The summed E-state index contributed by atoms with van der Waals surface area (Å²) in [6, 6.07) is 4.38. The largest absolute Gasteiger partial charge is 0.483 e. The number of hydrogen-bond donors (Lipinski definition) is 1. The Morgan fingerprint density at radius 1 is 1.35 bits per heavy atom. The summed E-state index contributed by atoms with van der Waals surface area (Å²) < 4.78 is 5.53. The van der Waals surface area contributed by atoms with Crippen molar-refractivity contribution in [3.8, 4) is 5.75 Å². The van der Waals surface area contributed by atoms with Crippen LogP contribution < -0.4 is 10.1 Å². The number of fused-ring (bicyclic) bond motifs is 1. The topological polar surface area (TPSA) is 92.8 Å². The van der Waals surface area contributed by atoms with Gasteiger partial charge >= 0.3 is 0 Å². The van der Waals surface area contributed by atoms with E-state index in [1.807, 2.05) is 0 Å². The molecule has 23 heavy (non-hydrogen) atoms. The Balaban J connectivity index is 1.87. The zero-order valence-electron chi connectivity index (χ0n) is 12.6. The van der Waals surface area contributed by atoms with Crippen LogP contribution in [0.15, 0.2) is 18.2 Å². The van der Waals surface area contributed by atoms with Crippen molar-refractivity contribution in [1.29, 1.82) is 0 Å². The highest BCUT2D eigenvalue weighted by molar-refractivity contribution is 6.05. The maximum Gasteiger partial charge on any atom is 0.255 e. The first-order valence-corrected chi connectivity index (χ1v) is 7.39. The Hall–Kier alpha value is -2.70. The fourth-order valence-corrected chi connectivity index (χ4v) is 2.90. The highest BCUT2D eigenvalue weighted by Gasteiger charge is 2.40. The summed E-state index contributed by atoms with van der Waals surface area (Å²) in [6.07, 6.45) is 0.572. The van der Waals surface area contributed by atoms with E-state index in [2.05, 4.69) is 5.32 Å². The van der Waals surface area contributed by atoms with E-state index < -0.39 is 18.1 Å². The van der Waals surface area contributed by atoms with E-state index in [9.17, 15) is 19.2 Å². The van der Waals surface area contributed by atoms with Gasteiger partial charge in [-0.25, -0.2) is 0 Å². The molecule has 0 radical (unpaired) electrons. The van der Waals surface area contributed by atoms with Crippen LogP contribution in [0.5, 0.6) is 5.75 Å². The van der Waals surface area contributed by atoms with Gasteiger partial charge in [0, 0.05) is 17.5 Å². The van der Waals surface area contributed by atoms with E-state index in [4.69, 9.17) is 4.74 Å². The number of benzene rings is 1. The number of carbonyl (C=O) groups excluding carboxylic acids is 4. The summed E-state index contributed by atoms with van der Waals surface area (Å²) in [7, 11) is 0. The molecular formula is C16H16N2O5. The summed E-state index contributed by atoms with van der Waals surface area (Å²) in [4.78, 5) is 48.0. The third-order valence-electron chi connectivity index (χ3n) is 4.04. The van der Waals surface area contributed by atoms with Crippen molar-refractivity contribution in [3.05, 3.63) is 29.3 Å². The number of piperidine rings is 1. The van der Waals surface area contributed by atoms with E-state index in [-0.39, 0.29) is 24.8 Å². The standard InChI is InChI=1S/C16H16N2O5/c1-9(8-19)23-13-4-2-3-10-11(13)7-18(16(10)22)12-5-6-14(20)17-15(12)21/h2-4,8-9,12H,5-7H2,1H3,(H,17,20,21). The Labute approximate surface area is 132 Å². The predicted octanol–water partition coefficient (Wildman–Crippen LogP) is 0.414. The molecular weight excluding hydrogens is 300 g/mol. The molecule has 1 aromatic rings. The van der Waals surface area contributed by atoms with Crippen molar-refractivity contribution < 1.29 is 23.9 Å². The highest BCUT2D eigenvalue weighted by atomic mass is 16.5. The SMILES string of the molecule is CC(C=O)Oc1cccc2c1CN(C1CCC(=O)NC1=O)C2=O. The fourth-order valence-electron chi connectivity index (χ4n) is 2.90. The number of carbonyl (C=O) groups is 4. The molecule has 120 valence electrons. The number of nitrogens with one attached hydrogen (secondary N) is 1. The van der Waals surface area contributed by atoms with Crippen LogP contribution in [0.1, 0.15) is 35.7 Å². The molecule has 2 aliphatic rings. The van der Waals surface area contributed by atoms with Crippen molar-refractivity contribution in [1.82, 2.24) is 10.2 Å². The van der Waals surface area contributed by atoms with E-state index in [1.54, 1.807) is 25.1 Å². The molecule has 7 heteroatoms. The van der Waals surface area contributed by atoms with Crippen LogP contribution in [0.3, 0.4) is 0 Å². The Bertz CT molecular complexity index is 700. The van der Waals surface area contributed by atoms with Gasteiger partial charge in [0.05, 0.1) is 6.54 Å². The highest BCUT2D eigenvalue weighted by Crippen LogP contribution is 2.33. The molecule has 0 aromatic heterocycles. The number of imide groups is 1. The average Bonchev–Trinajstić information content (AvgIpc) is 2.86. The maximum absolute atomic E-state index is 12.6. The molecule has 7 nitrogen and oxygen atoms in total. The van der Waals surface area contributed by atoms with Crippen molar-refractivity contribution in [2.45, 2.75) is 38.5 Å². The van der Waals surface area contributed by atoms with Gasteiger partial charge in [-0.1, -0.05) is 6.07 Å². The molecule has 1 fully saturated rings. The minimum atomic E-state index is -0.663. The van der Waals surface area contributed by atoms with Crippen LogP contribution in [0.2, 0.25) is 0 Å². The van der Waals surface area contributed by atoms with Gasteiger partial charge < -0.3 is 9.64 Å². The summed E-state index contributed by atoms with van der Waals surface area (Å²) >= 11 is 0. The monoisotopic (exact) mass is 316 g/mol. The second-order valence-electron chi connectivity index (χ2n) is 5.64. The zero-order chi connectivity index (χ0) is 16.6. The number of nitrogens with zero attached hydrogens (tertiary/aromatic N) is 1. The molecule has 2 aliphatic heterocycles. The van der Waals surface area contributed by atoms with E-state index in [1.165, 1.54) is 4.90 Å². The van der Waals surface area contributed by atoms with Crippen molar-refractivity contribution in [3.63, 3.8) is 0 Å². The fraction of sp³-hybridized carbons (Fsp3) is 0.375. The number of aldehydes is 1. The molecule has 1 saturated heterocycles. The van der Waals surface area contributed by atoms with E-state index in [0.29, 0.717) is 29.6 Å². The summed E-state index contributed by atoms with van der Waals surface area (Å²) in [5.74, 6) is -0.575. The molecule has 3 rings (SSSR count). The Kier molecular flexibility index (Phi) is 3.85. The van der Waals surface area contributed by atoms with Crippen LogP contribution in [-0.2, 0) is 20.9 Å². The summed E-state index contributed by atoms with van der Waals surface area (Å²) in [6.45, 7) is 1.84. The van der Waals surface area contributed by atoms with Crippen molar-refractivity contribution >= 4 is 24.0 Å². The molecule has 0 aliphatic carbocycles. The zero-order valence-corrected chi connectivity index (χ0v) is 12.6. The molecule has 3 amide bonds. The number of ether oxygens (including phenoxy) is 1. The first kappa shape index (κ1) is 15.2. The third kappa shape index (κ3) is 2.69. The lowest BCUT2D eigenvalue weighted by molar-refractivity contribution is -0.136. The van der Waals surface area contributed by atoms with Gasteiger partial charge in [-0.05, 0) is 25.5 Å². The van der Waals surface area contributed by atoms with Crippen LogP contribution in [0, 0.1) is 0 Å². The molecule has 1 aromatic carbocycles. The maximum atomic E-state index is 12.6. The van der Waals surface area contributed by atoms with Crippen LogP contribution in [-0.4, -0.2) is 41.1 Å². The quantitative estimate of drug-likeness (QED) is 0.642. The lowest BCUT2D eigenvalue weighted by Gasteiger charge is -2.29. The van der Waals surface area contributed by atoms with Crippen LogP contribution in [0.25, 0.3) is 0 Å². The molecule has 0 spiro atoms. The van der Waals surface area contributed by atoms with Gasteiger partial charge in [-0.15, -0.1) is 0 Å². The lowest BCUT2D eigenvalue weighted by atomic mass is 10.0. The van der Waals surface area contributed by atoms with Gasteiger partial charge in [0.2, 0.25) is 11.8 Å². The molecule has 1 N–H and O–H groups in total. The van der Waals surface area contributed by atoms with Crippen LogP contribution in [0.4, 0.5) is 0 Å². The number of hydrogen-bond acceptors (Lipinski definition) is 5. The van der Waals surface area contributed by atoms with Crippen molar-refractivity contribution in [2.24, 2.45) is 0 Å².